The maximum atomic E-state index is 12.0. The second kappa shape index (κ2) is 5.46. The van der Waals surface area contributed by atoms with E-state index in [2.05, 4.69) is 19.6 Å². The second-order valence-electron chi connectivity index (χ2n) is 6.21. The second-order valence-corrected chi connectivity index (χ2v) is 7.06. The standard InChI is InChI=1S/C17H15N7OS/c1-10-8-26-16(20-10)14-15(12-3-4-13-18-9-19-24(13)7-12)23-6-5-22(11(2)25)17(23)21-14/h3-4,7-9H,5-6H2,1-2H3. The number of pyridine rings is 1. The van der Waals surface area contributed by atoms with Crippen molar-refractivity contribution in [2.45, 2.75) is 20.4 Å². The van der Waals surface area contributed by atoms with Crippen LogP contribution in [0.2, 0.25) is 0 Å². The fourth-order valence-electron chi connectivity index (χ4n) is 3.32. The van der Waals surface area contributed by atoms with Crippen LogP contribution in [0.3, 0.4) is 0 Å². The maximum absolute atomic E-state index is 12.0. The first kappa shape index (κ1) is 15.2. The maximum Gasteiger partial charge on any atom is 0.226 e. The third-order valence-electron chi connectivity index (χ3n) is 4.49. The smallest absolute Gasteiger partial charge is 0.226 e. The number of hydrogen-bond acceptors (Lipinski definition) is 6. The van der Waals surface area contributed by atoms with Gasteiger partial charge in [0.1, 0.15) is 17.0 Å². The van der Waals surface area contributed by atoms with Gasteiger partial charge in [0.25, 0.3) is 0 Å². The number of thiazole rings is 1. The highest BCUT2D eigenvalue weighted by Crippen LogP contribution is 2.39. The Kier molecular flexibility index (Phi) is 3.20. The van der Waals surface area contributed by atoms with Gasteiger partial charge >= 0.3 is 0 Å². The van der Waals surface area contributed by atoms with E-state index in [1.54, 1.807) is 27.7 Å². The first-order valence-electron chi connectivity index (χ1n) is 8.23. The van der Waals surface area contributed by atoms with Crippen LogP contribution in [0.4, 0.5) is 5.95 Å². The van der Waals surface area contributed by atoms with Gasteiger partial charge in [-0.3, -0.25) is 9.69 Å². The van der Waals surface area contributed by atoms with Crippen LogP contribution >= 0.6 is 11.3 Å². The van der Waals surface area contributed by atoms with Gasteiger partial charge < -0.3 is 4.57 Å². The van der Waals surface area contributed by atoms with Crippen molar-refractivity contribution in [1.82, 2.24) is 29.1 Å². The van der Waals surface area contributed by atoms with Gasteiger partial charge in [0.05, 0.1) is 5.69 Å². The van der Waals surface area contributed by atoms with Crippen LogP contribution in [0.15, 0.2) is 30.0 Å². The quantitative estimate of drug-likeness (QED) is 0.545. The molecule has 5 heterocycles. The zero-order chi connectivity index (χ0) is 17.8. The number of anilines is 1. The SMILES string of the molecule is CC(=O)N1CCn2c1nc(-c1nc(C)cs1)c2-c1ccc2ncnn2c1. The Morgan fingerprint density at radius 2 is 2.12 bits per heavy atom. The molecule has 4 aromatic rings. The van der Waals surface area contributed by atoms with E-state index in [-0.39, 0.29) is 5.91 Å². The molecule has 130 valence electrons. The zero-order valence-corrected chi connectivity index (χ0v) is 15.1. The summed E-state index contributed by atoms with van der Waals surface area (Å²) >= 11 is 1.56. The topological polar surface area (TPSA) is 81.2 Å². The Morgan fingerprint density at radius 1 is 1.23 bits per heavy atom. The minimum Gasteiger partial charge on any atom is -0.307 e. The highest BCUT2D eigenvalue weighted by Gasteiger charge is 2.31. The Morgan fingerprint density at radius 3 is 2.88 bits per heavy atom. The number of hydrogen-bond donors (Lipinski definition) is 0. The summed E-state index contributed by atoms with van der Waals surface area (Å²) in [6, 6.07) is 3.94. The van der Waals surface area contributed by atoms with Crippen molar-refractivity contribution in [2.75, 3.05) is 11.4 Å². The Labute approximate surface area is 152 Å². The molecule has 0 fully saturated rings. The summed E-state index contributed by atoms with van der Waals surface area (Å²) in [5, 5.41) is 7.09. The Bertz CT molecular complexity index is 1160. The Hall–Kier alpha value is -3.07. The summed E-state index contributed by atoms with van der Waals surface area (Å²) in [5.41, 5.74) is 4.46. The molecule has 0 atom stereocenters. The van der Waals surface area contributed by atoms with Gasteiger partial charge in [-0.05, 0) is 19.1 Å². The lowest BCUT2D eigenvalue weighted by molar-refractivity contribution is -0.116. The summed E-state index contributed by atoms with van der Waals surface area (Å²) in [5.74, 6) is 0.669. The van der Waals surface area contributed by atoms with Crippen molar-refractivity contribution >= 4 is 28.8 Å². The van der Waals surface area contributed by atoms with Crippen LogP contribution in [-0.4, -0.2) is 41.6 Å². The predicted octanol–water partition coefficient (Wildman–Crippen LogP) is 2.39. The number of imidazole rings is 1. The largest absolute Gasteiger partial charge is 0.307 e. The molecular formula is C17H15N7OS. The number of aromatic nitrogens is 6. The van der Waals surface area contributed by atoms with Crippen molar-refractivity contribution < 1.29 is 4.79 Å². The first-order chi connectivity index (χ1) is 12.6. The van der Waals surface area contributed by atoms with Gasteiger partial charge in [0.15, 0.2) is 5.65 Å². The third kappa shape index (κ3) is 2.17. The minimum atomic E-state index is -0.00565. The average molecular weight is 365 g/mol. The lowest BCUT2D eigenvalue weighted by atomic mass is 10.1. The van der Waals surface area contributed by atoms with E-state index in [1.807, 2.05) is 30.6 Å². The van der Waals surface area contributed by atoms with Crippen molar-refractivity contribution in [1.29, 1.82) is 0 Å². The molecule has 0 bridgehead atoms. The normalized spacial score (nSPS) is 13.5. The number of carbonyl (C=O) groups is 1. The molecule has 4 aromatic heterocycles. The van der Waals surface area contributed by atoms with Crippen molar-refractivity contribution in [3.63, 3.8) is 0 Å². The van der Waals surface area contributed by atoms with E-state index in [9.17, 15) is 4.79 Å². The Balaban J connectivity index is 1.77. The number of nitrogens with zero attached hydrogens (tertiary/aromatic N) is 7. The third-order valence-corrected chi connectivity index (χ3v) is 5.45. The van der Waals surface area contributed by atoms with E-state index < -0.39 is 0 Å². The summed E-state index contributed by atoms with van der Waals surface area (Å²) in [7, 11) is 0. The van der Waals surface area contributed by atoms with Crippen molar-refractivity contribution in [3.05, 3.63) is 35.7 Å². The summed E-state index contributed by atoms with van der Waals surface area (Å²) in [4.78, 5) is 27.3. The summed E-state index contributed by atoms with van der Waals surface area (Å²) < 4.78 is 3.83. The molecule has 8 nitrogen and oxygen atoms in total. The molecule has 0 radical (unpaired) electrons. The zero-order valence-electron chi connectivity index (χ0n) is 14.2. The van der Waals surface area contributed by atoms with Gasteiger partial charge in [0.2, 0.25) is 11.9 Å². The molecule has 26 heavy (non-hydrogen) atoms. The van der Waals surface area contributed by atoms with Gasteiger partial charge in [-0.25, -0.2) is 19.5 Å². The van der Waals surface area contributed by atoms with Crippen LogP contribution in [0.1, 0.15) is 12.6 Å². The molecule has 0 aliphatic carbocycles. The lowest BCUT2D eigenvalue weighted by Gasteiger charge is -2.09. The van der Waals surface area contributed by atoms with Crippen LogP contribution < -0.4 is 4.90 Å². The molecule has 0 N–H and O–H groups in total. The molecule has 1 aliphatic heterocycles. The number of fused-ring (bicyclic) bond motifs is 2. The molecule has 0 unspecified atom stereocenters. The highest BCUT2D eigenvalue weighted by molar-refractivity contribution is 7.13. The van der Waals surface area contributed by atoms with Crippen molar-refractivity contribution in [2.24, 2.45) is 0 Å². The van der Waals surface area contributed by atoms with E-state index in [0.29, 0.717) is 19.0 Å². The van der Waals surface area contributed by atoms with Crippen molar-refractivity contribution in [3.8, 4) is 22.0 Å². The number of rotatable bonds is 2. The van der Waals surface area contributed by atoms with E-state index in [0.717, 1.165) is 33.3 Å². The molecule has 5 rings (SSSR count). The van der Waals surface area contributed by atoms with Crippen LogP contribution in [0, 0.1) is 6.92 Å². The van der Waals surface area contributed by atoms with Gasteiger partial charge in [0, 0.05) is 42.8 Å². The molecule has 0 saturated carbocycles. The molecule has 0 saturated heterocycles. The van der Waals surface area contributed by atoms with E-state index in [1.165, 1.54) is 6.33 Å². The van der Waals surface area contributed by atoms with Gasteiger partial charge in [-0.1, -0.05) is 0 Å². The molecule has 0 spiro atoms. The fraction of sp³-hybridized carbons (Fsp3) is 0.235. The minimum absolute atomic E-state index is 0.00565. The first-order valence-corrected chi connectivity index (χ1v) is 9.10. The van der Waals surface area contributed by atoms with Crippen LogP contribution in [0.5, 0.6) is 0 Å². The molecule has 1 aliphatic rings. The average Bonchev–Trinajstić information content (AvgIpc) is 3.36. The fourth-order valence-corrected chi connectivity index (χ4v) is 4.10. The van der Waals surface area contributed by atoms with E-state index in [4.69, 9.17) is 4.98 Å². The molecule has 9 heteroatoms. The van der Waals surface area contributed by atoms with Crippen LogP contribution in [0.25, 0.3) is 27.6 Å². The summed E-state index contributed by atoms with van der Waals surface area (Å²) in [6.45, 7) is 4.87. The molecule has 1 amide bonds. The van der Waals surface area contributed by atoms with E-state index >= 15 is 0 Å². The number of amides is 1. The monoisotopic (exact) mass is 365 g/mol. The molecule has 0 aromatic carbocycles. The van der Waals surface area contributed by atoms with Crippen LogP contribution in [-0.2, 0) is 11.3 Å². The number of aryl methyl sites for hydroxylation is 1. The number of carbonyl (C=O) groups excluding carboxylic acids is 1. The van der Waals surface area contributed by atoms with Gasteiger partial charge in [-0.2, -0.15) is 5.10 Å². The van der Waals surface area contributed by atoms with Gasteiger partial charge in [-0.15, -0.1) is 11.3 Å². The highest BCUT2D eigenvalue weighted by atomic mass is 32.1. The predicted molar refractivity (Wildman–Crippen MR) is 98.1 cm³/mol. The summed E-state index contributed by atoms with van der Waals surface area (Å²) in [6.07, 6.45) is 3.47. The molecular weight excluding hydrogens is 350 g/mol. The lowest BCUT2D eigenvalue weighted by Crippen LogP contribution is -2.26.